The van der Waals surface area contributed by atoms with Crippen LogP contribution in [0.2, 0.25) is 5.02 Å². The maximum atomic E-state index is 9.94. The van der Waals surface area contributed by atoms with Gasteiger partial charge in [0, 0.05) is 21.9 Å². The van der Waals surface area contributed by atoms with Crippen LogP contribution in [0, 0.1) is 11.3 Å². The molecule has 0 atom stereocenters. The number of aromatic nitrogens is 1. The van der Waals surface area contributed by atoms with Crippen molar-refractivity contribution in [3.05, 3.63) is 102 Å². The molecule has 4 aromatic rings. The third kappa shape index (κ3) is 5.27. The van der Waals surface area contributed by atoms with Crippen molar-refractivity contribution in [3.8, 4) is 34.2 Å². The fourth-order valence-electron chi connectivity index (χ4n) is 3.17. The number of benzene rings is 3. The van der Waals surface area contributed by atoms with Crippen molar-refractivity contribution < 1.29 is 4.74 Å². The molecule has 31 heavy (non-hydrogen) atoms. The van der Waals surface area contributed by atoms with Crippen LogP contribution in [-0.4, -0.2) is 17.3 Å². The summed E-state index contributed by atoms with van der Waals surface area (Å²) in [6.07, 6.45) is 0. The zero-order valence-electron chi connectivity index (χ0n) is 16.7. The van der Waals surface area contributed by atoms with Crippen LogP contribution in [0.3, 0.4) is 0 Å². The fourth-order valence-corrected chi connectivity index (χ4v) is 4.11. The number of hydrogen-bond acceptors (Lipinski definition) is 4. The average Bonchev–Trinajstić information content (AvgIpc) is 2.83. The van der Waals surface area contributed by atoms with Gasteiger partial charge in [0.2, 0.25) is 0 Å². The maximum Gasteiger partial charge on any atom is 0.119 e. The molecule has 0 aliphatic heterocycles. The van der Waals surface area contributed by atoms with Crippen LogP contribution in [0.1, 0.15) is 5.56 Å². The minimum absolute atomic E-state index is 0.495. The van der Waals surface area contributed by atoms with Crippen molar-refractivity contribution in [2.24, 2.45) is 0 Å². The van der Waals surface area contributed by atoms with E-state index in [0.717, 1.165) is 28.1 Å². The van der Waals surface area contributed by atoms with Crippen molar-refractivity contribution in [2.75, 3.05) is 12.4 Å². The van der Waals surface area contributed by atoms with Crippen molar-refractivity contribution >= 4 is 23.4 Å². The summed E-state index contributed by atoms with van der Waals surface area (Å²) in [4.78, 5) is 4.82. The largest absolute Gasteiger partial charge is 0.493 e. The summed E-state index contributed by atoms with van der Waals surface area (Å²) < 4.78 is 5.80. The number of pyridine rings is 1. The molecule has 0 saturated heterocycles. The molecule has 3 aromatic carbocycles. The highest BCUT2D eigenvalue weighted by Crippen LogP contribution is 2.34. The van der Waals surface area contributed by atoms with E-state index in [-0.39, 0.29) is 0 Å². The van der Waals surface area contributed by atoms with Crippen molar-refractivity contribution in [1.29, 1.82) is 5.26 Å². The Balaban J connectivity index is 1.62. The van der Waals surface area contributed by atoms with Crippen LogP contribution < -0.4 is 4.74 Å². The molecule has 0 aliphatic rings. The third-order valence-electron chi connectivity index (χ3n) is 4.66. The quantitative estimate of drug-likeness (QED) is 0.226. The lowest BCUT2D eigenvalue weighted by atomic mass is 9.99. The van der Waals surface area contributed by atoms with Crippen molar-refractivity contribution in [3.63, 3.8) is 0 Å². The lowest BCUT2D eigenvalue weighted by molar-refractivity contribution is 0.344. The van der Waals surface area contributed by atoms with Gasteiger partial charge in [0.15, 0.2) is 0 Å². The van der Waals surface area contributed by atoms with Crippen LogP contribution in [0.25, 0.3) is 22.4 Å². The van der Waals surface area contributed by atoms with E-state index in [0.29, 0.717) is 28.0 Å². The molecule has 0 N–H and O–H groups in total. The first-order valence-electron chi connectivity index (χ1n) is 9.82. The second-order valence-corrected chi connectivity index (χ2v) is 8.25. The van der Waals surface area contributed by atoms with E-state index in [1.807, 2.05) is 78.9 Å². The Morgan fingerprint density at radius 3 is 2.16 bits per heavy atom. The van der Waals surface area contributed by atoms with Crippen LogP contribution >= 0.6 is 23.4 Å². The predicted molar refractivity (Wildman–Crippen MR) is 127 cm³/mol. The molecule has 1 heterocycles. The van der Waals surface area contributed by atoms with E-state index in [1.165, 1.54) is 11.8 Å². The molecule has 0 bridgehead atoms. The molecule has 152 valence electrons. The van der Waals surface area contributed by atoms with Crippen LogP contribution in [0.5, 0.6) is 5.75 Å². The molecule has 0 spiro atoms. The highest BCUT2D eigenvalue weighted by Gasteiger charge is 2.15. The minimum atomic E-state index is 0.495. The Morgan fingerprint density at radius 2 is 1.52 bits per heavy atom. The van der Waals surface area contributed by atoms with Gasteiger partial charge in [-0.05, 0) is 35.9 Å². The van der Waals surface area contributed by atoms with Gasteiger partial charge in [-0.25, -0.2) is 4.98 Å². The summed E-state index contributed by atoms with van der Waals surface area (Å²) in [5, 5.41) is 11.3. The second kappa shape index (κ2) is 10.2. The Labute approximate surface area is 191 Å². The maximum absolute atomic E-state index is 9.94. The van der Waals surface area contributed by atoms with Gasteiger partial charge in [-0.2, -0.15) is 5.26 Å². The van der Waals surface area contributed by atoms with Crippen LogP contribution in [0.15, 0.2) is 96.0 Å². The van der Waals surface area contributed by atoms with Gasteiger partial charge in [0.1, 0.15) is 16.8 Å². The Morgan fingerprint density at radius 1 is 0.871 bits per heavy atom. The van der Waals surface area contributed by atoms with E-state index in [1.54, 1.807) is 12.1 Å². The lowest BCUT2D eigenvalue weighted by Gasteiger charge is -2.13. The second-order valence-electron chi connectivity index (χ2n) is 6.73. The van der Waals surface area contributed by atoms with E-state index in [9.17, 15) is 5.26 Å². The molecular formula is C26H19ClN2OS. The summed E-state index contributed by atoms with van der Waals surface area (Å²) in [7, 11) is 0. The highest BCUT2D eigenvalue weighted by atomic mass is 35.5. The highest BCUT2D eigenvalue weighted by molar-refractivity contribution is 7.99. The van der Waals surface area contributed by atoms with Gasteiger partial charge >= 0.3 is 0 Å². The average molecular weight is 443 g/mol. The van der Waals surface area contributed by atoms with Gasteiger partial charge in [0.25, 0.3) is 0 Å². The van der Waals surface area contributed by atoms with Gasteiger partial charge in [-0.15, -0.1) is 11.8 Å². The number of ether oxygens (including phenoxy) is 1. The van der Waals surface area contributed by atoms with Crippen LogP contribution in [0.4, 0.5) is 0 Å². The summed E-state index contributed by atoms with van der Waals surface area (Å²) >= 11 is 7.45. The van der Waals surface area contributed by atoms with E-state index in [2.05, 4.69) is 6.07 Å². The molecule has 3 nitrogen and oxygen atoms in total. The number of nitrogens with zero attached hydrogens (tertiary/aromatic N) is 2. The third-order valence-corrected chi connectivity index (χ3v) is 5.85. The zero-order valence-corrected chi connectivity index (χ0v) is 18.2. The lowest BCUT2D eigenvalue weighted by Crippen LogP contribution is -2.02. The summed E-state index contributed by atoms with van der Waals surface area (Å²) in [6, 6.07) is 31.6. The molecule has 1 aromatic heterocycles. The molecule has 0 saturated carbocycles. The Hall–Kier alpha value is -3.26. The molecule has 5 heteroatoms. The molecule has 0 radical (unpaired) electrons. The van der Waals surface area contributed by atoms with E-state index < -0.39 is 0 Å². The van der Waals surface area contributed by atoms with Gasteiger partial charge in [-0.1, -0.05) is 72.3 Å². The molecule has 0 fully saturated rings. The Bertz CT molecular complexity index is 1190. The molecule has 0 unspecified atom stereocenters. The SMILES string of the molecule is N#Cc1c(-c2ccccc2)cc(-c2ccccc2)nc1SCCOc1ccc(Cl)cc1. The number of halogens is 1. The minimum Gasteiger partial charge on any atom is -0.493 e. The first kappa shape index (κ1) is 21.0. The number of nitriles is 1. The summed E-state index contributed by atoms with van der Waals surface area (Å²) in [6.45, 7) is 0.495. The van der Waals surface area contributed by atoms with Gasteiger partial charge in [-0.3, -0.25) is 0 Å². The molecule has 4 rings (SSSR count). The molecule has 0 amide bonds. The number of thioether (sulfide) groups is 1. The van der Waals surface area contributed by atoms with Crippen molar-refractivity contribution in [1.82, 2.24) is 4.98 Å². The fraction of sp³-hybridized carbons (Fsp3) is 0.0769. The first-order chi connectivity index (χ1) is 15.2. The monoisotopic (exact) mass is 442 g/mol. The van der Waals surface area contributed by atoms with E-state index >= 15 is 0 Å². The standard InChI is InChI=1S/C26H19ClN2OS/c27-21-11-13-22(14-12-21)30-15-16-31-26-24(18-28)23(19-7-3-1-4-8-19)17-25(29-26)20-9-5-2-6-10-20/h1-14,17H,15-16H2. The molecule has 0 aliphatic carbocycles. The summed E-state index contributed by atoms with van der Waals surface area (Å²) in [5.41, 5.74) is 4.33. The predicted octanol–water partition coefficient (Wildman–Crippen LogP) is 7.11. The van der Waals surface area contributed by atoms with Crippen LogP contribution in [-0.2, 0) is 0 Å². The first-order valence-corrected chi connectivity index (χ1v) is 11.2. The van der Waals surface area contributed by atoms with E-state index in [4.69, 9.17) is 21.3 Å². The topological polar surface area (TPSA) is 45.9 Å². The van der Waals surface area contributed by atoms with Gasteiger partial charge in [0.05, 0.1) is 17.9 Å². The summed E-state index contributed by atoms with van der Waals surface area (Å²) in [5.74, 6) is 1.43. The smallest absolute Gasteiger partial charge is 0.119 e. The van der Waals surface area contributed by atoms with Gasteiger partial charge < -0.3 is 4.74 Å². The Kier molecular flexibility index (Phi) is 6.89. The number of rotatable bonds is 7. The molecular weight excluding hydrogens is 424 g/mol. The van der Waals surface area contributed by atoms with Crippen molar-refractivity contribution in [2.45, 2.75) is 5.03 Å². The number of hydrogen-bond donors (Lipinski definition) is 0. The zero-order chi connectivity index (χ0) is 21.5. The normalized spacial score (nSPS) is 10.5.